The Hall–Kier alpha value is -2.57. The summed E-state index contributed by atoms with van der Waals surface area (Å²) in [6.45, 7) is 1.90. The van der Waals surface area contributed by atoms with Crippen LogP contribution in [0, 0.1) is 18.3 Å². The van der Waals surface area contributed by atoms with Crippen molar-refractivity contribution in [3.05, 3.63) is 70.7 Å². The van der Waals surface area contributed by atoms with Crippen LogP contribution in [0.25, 0.3) is 0 Å². The van der Waals surface area contributed by atoms with E-state index in [2.05, 4.69) is 5.92 Å². The number of ketones is 1. The highest BCUT2D eigenvalue weighted by molar-refractivity contribution is 6.30. The number of terminal acetylenes is 1. The fourth-order valence-corrected chi connectivity index (χ4v) is 3.01. The van der Waals surface area contributed by atoms with Crippen LogP contribution in [-0.4, -0.2) is 18.4 Å². The number of hydrogen-bond acceptors (Lipinski definition) is 3. The molecule has 2 atom stereocenters. The van der Waals surface area contributed by atoms with Gasteiger partial charge >= 0.3 is 5.97 Å². The van der Waals surface area contributed by atoms with Crippen molar-refractivity contribution in [1.29, 1.82) is 0 Å². The van der Waals surface area contributed by atoms with Gasteiger partial charge in [-0.3, -0.25) is 9.59 Å². The highest BCUT2D eigenvalue weighted by atomic mass is 35.5. The second-order valence-electron chi connectivity index (χ2n) is 6.20. The summed E-state index contributed by atoms with van der Waals surface area (Å²) in [6, 6.07) is 16.5. The van der Waals surface area contributed by atoms with Crippen molar-refractivity contribution in [3.8, 4) is 12.3 Å². The smallest absolute Gasteiger partial charge is 0.307 e. The lowest BCUT2D eigenvalue weighted by Gasteiger charge is -2.23. The molecule has 2 aromatic rings. The zero-order valence-corrected chi connectivity index (χ0v) is 15.4. The van der Waals surface area contributed by atoms with Crippen LogP contribution >= 0.6 is 11.6 Å². The van der Waals surface area contributed by atoms with Crippen molar-refractivity contribution < 1.29 is 14.3 Å². The quantitative estimate of drug-likeness (QED) is 0.378. The number of Topliss-reactive ketones (excluding diaryl/α,β-unsaturated/α-hetero) is 1. The Balaban J connectivity index is 2.18. The van der Waals surface area contributed by atoms with E-state index < -0.39 is 0 Å². The fraction of sp³-hybridized carbons (Fsp3) is 0.273. The van der Waals surface area contributed by atoms with Gasteiger partial charge in [-0.15, -0.1) is 6.42 Å². The van der Waals surface area contributed by atoms with Gasteiger partial charge in [-0.25, -0.2) is 0 Å². The highest BCUT2D eigenvalue weighted by Gasteiger charge is 2.25. The van der Waals surface area contributed by atoms with E-state index in [0.717, 1.165) is 5.56 Å². The van der Waals surface area contributed by atoms with Gasteiger partial charge in [0.2, 0.25) is 0 Å². The van der Waals surface area contributed by atoms with E-state index in [-0.39, 0.29) is 36.6 Å². The van der Waals surface area contributed by atoms with Gasteiger partial charge in [-0.2, -0.15) is 0 Å². The Kier molecular flexibility index (Phi) is 7.44. The van der Waals surface area contributed by atoms with Gasteiger partial charge in [-0.1, -0.05) is 66.9 Å². The third kappa shape index (κ3) is 5.75. The Morgan fingerprint density at radius 1 is 1.08 bits per heavy atom. The molecule has 0 saturated carbocycles. The average Bonchev–Trinajstić information content (AvgIpc) is 2.65. The molecule has 0 radical (unpaired) electrons. The predicted molar refractivity (Wildman–Crippen MR) is 103 cm³/mol. The third-order valence-corrected chi connectivity index (χ3v) is 4.54. The van der Waals surface area contributed by atoms with Crippen molar-refractivity contribution in [1.82, 2.24) is 0 Å². The van der Waals surface area contributed by atoms with E-state index in [1.807, 2.05) is 37.3 Å². The SMILES string of the molecule is C#CCOC(=O)C[C@@H](C)[C@@H](CC(=O)c1ccccc1)c1ccc(Cl)cc1. The monoisotopic (exact) mass is 368 g/mol. The number of hydrogen-bond donors (Lipinski definition) is 0. The molecule has 0 saturated heterocycles. The number of halogens is 1. The van der Waals surface area contributed by atoms with E-state index in [1.165, 1.54) is 0 Å². The van der Waals surface area contributed by atoms with E-state index >= 15 is 0 Å². The summed E-state index contributed by atoms with van der Waals surface area (Å²) in [5.74, 6) is 1.74. The lowest BCUT2D eigenvalue weighted by atomic mass is 9.81. The molecule has 0 aliphatic rings. The molecular formula is C22H21ClO3. The van der Waals surface area contributed by atoms with Gasteiger partial charge in [-0.05, 0) is 29.5 Å². The van der Waals surface area contributed by atoms with Gasteiger partial charge in [0, 0.05) is 23.4 Å². The number of carbonyl (C=O) groups excluding carboxylic acids is 2. The molecule has 0 amide bonds. The minimum atomic E-state index is -0.360. The van der Waals surface area contributed by atoms with Crippen LogP contribution < -0.4 is 0 Å². The zero-order valence-electron chi connectivity index (χ0n) is 14.7. The minimum absolute atomic E-state index is 0.0365. The molecule has 4 heteroatoms. The van der Waals surface area contributed by atoms with Crippen LogP contribution in [0.3, 0.4) is 0 Å². The number of benzene rings is 2. The Morgan fingerprint density at radius 2 is 1.73 bits per heavy atom. The van der Waals surface area contributed by atoms with Crippen LogP contribution in [0.2, 0.25) is 5.02 Å². The van der Waals surface area contributed by atoms with E-state index in [0.29, 0.717) is 17.0 Å². The number of esters is 1. The van der Waals surface area contributed by atoms with Gasteiger partial charge in [0.25, 0.3) is 0 Å². The fourth-order valence-electron chi connectivity index (χ4n) is 2.89. The molecule has 134 valence electrons. The van der Waals surface area contributed by atoms with Crippen LogP contribution in [-0.2, 0) is 9.53 Å². The molecule has 2 aromatic carbocycles. The normalized spacial score (nSPS) is 12.7. The van der Waals surface area contributed by atoms with E-state index in [1.54, 1.807) is 24.3 Å². The molecule has 0 fully saturated rings. The van der Waals surface area contributed by atoms with Crippen molar-refractivity contribution in [2.75, 3.05) is 6.61 Å². The summed E-state index contributed by atoms with van der Waals surface area (Å²) in [7, 11) is 0. The molecule has 3 nitrogen and oxygen atoms in total. The molecule has 26 heavy (non-hydrogen) atoms. The van der Waals surface area contributed by atoms with Gasteiger partial charge in [0.15, 0.2) is 12.4 Å². The summed E-state index contributed by atoms with van der Waals surface area (Å²) in [5, 5.41) is 0.628. The zero-order chi connectivity index (χ0) is 18.9. The minimum Gasteiger partial charge on any atom is -0.452 e. The predicted octanol–water partition coefficient (Wildman–Crippen LogP) is 4.90. The van der Waals surface area contributed by atoms with Gasteiger partial charge in [0.1, 0.15) is 0 Å². The number of carbonyl (C=O) groups is 2. The first-order valence-corrected chi connectivity index (χ1v) is 8.82. The second-order valence-corrected chi connectivity index (χ2v) is 6.63. The van der Waals surface area contributed by atoms with Crippen LogP contribution in [0.4, 0.5) is 0 Å². The Morgan fingerprint density at radius 3 is 2.35 bits per heavy atom. The molecule has 0 aromatic heterocycles. The summed E-state index contributed by atoms with van der Waals surface area (Å²) in [5.41, 5.74) is 1.63. The summed E-state index contributed by atoms with van der Waals surface area (Å²) >= 11 is 5.98. The topological polar surface area (TPSA) is 43.4 Å². The van der Waals surface area contributed by atoms with Crippen molar-refractivity contribution in [2.45, 2.75) is 25.7 Å². The Bertz CT molecular complexity index is 775. The van der Waals surface area contributed by atoms with Gasteiger partial charge < -0.3 is 4.74 Å². The third-order valence-electron chi connectivity index (χ3n) is 4.29. The maximum Gasteiger partial charge on any atom is 0.307 e. The molecule has 0 aliphatic carbocycles. The van der Waals surface area contributed by atoms with Crippen LogP contribution in [0.1, 0.15) is 41.6 Å². The molecule has 0 aliphatic heterocycles. The van der Waals surface area contributed by atoms with Gasteiger partial charge in [0.05, 0.1) is 0 Å². The van der Waals surface area contributed by atoms with Crippen molar-refractivity contribution in [2.24, 2.45) is 5.92 Å². The molecule has 0 bridgehead atoms. The highest BCUT2D eigenvalue weighted by Crippen LogP contribution is 2.32. The lowest BCUT2D eigenvalue weighted by Crippen LogP contribution is -2.19. The maximum atomic E-state index is 12.7. The molecule has 0 N–H and O–H groups in total. The first kappa shape index (κ1) is 19.8. The Labute approximate surface area is 159 Å². The standard InChI is InChI=1S/C22H21ClO3/c1-3-13-26-22(25)14-16(2)20(17-9-11-19(23)12-10-17)15-21(24)18-7-5-4-6-8-18/h1,4-12,16,20H,13-15H2,2H3/t16-,20-/m1/s1. The molecule has 0 spiro atoms. The van der Waals surface area contributed by atoms with E-state index in [9.17, 15) is 9.59 Å². The lowest BCUT2D eigenvalue weighted by molar-refractivity contribution is -0.143. The van der Waals surface area contributed by atoms with E-state index in [4.69, 9.17) is 22.8 Å². The summed E-state index contributed by atoms with van der Waals surface area (Å²) in [6.07, 6.45) is 5.61. The summed E-state index contributed by atoms with van der Waals surface area (Å²) in [4.78, 5) is 24.6. The van der Waals surface area contributed by atoms with Crippen LogP contribution in [0.15, 0.2) is 54.6 Å². The molecule has 2 rings (SSSR count). The summed E-state index contributed by atoms with van der Waals surface area (Å²) < 4.78 is 4.98. The molecule has 0 heterocycles. The molecular weight excluding hydrogens is 348 g/mol. The maximum absolute atomic E-state index is 12.7. The van der Waals surface area contributed by atoms with Crippen molar-refractivity contribution >= 4 is 23.4 Å². The first-order chi connectivity index (χ1) is 12.5. The number of rotatable bonds is 8. The van der Waals surface area contributed by atoms with Crippen LogP contribution in [0.5, 0.6) is 0 Å². The number of ether oxygens (including phenoxy) is 1. The van der Waals surface area contributed by atoms with Crippen molar-refractivity contribution in [3.63, 3.8) is 0 Å². The molecule has 0 unspecified atom stereocenters. The second kappa shape index (κ2) is 9.79. The first-order valence-electron chi connectivity index (χ1n) is 8.44. The average molecular weight is 369 g/mol. The largest absolute Gasteiger partial charge is 0.452 e.